The van der Waals surface area contributed by atoms with Crippen LogP contribution >= 0.6 is 11.6 Å². The number of nitrogens with zero attached hydrogens (tertiary/aromatic N) is 3. The number of hydrogen-bond acceptors (Lipinski definition) is 4. The third kappa shape index (κ3) is 3.79. The molecule has 1 aliphatic heterocycles. The van der Waals surface area contributed by atoms with Crippen molar-refractivity contribution in [3.63, 3.8) is 0 Å². The minimum Gasteiger partial charge on any atom is -0.497 e. The molecule has 2 heterocycles. The molecule has 23 heavy (non-hydrogen) atoms. The summed E-state index contributed by atoms with van der Waals surface area (Å²) in [6.45, 7) is 3.90. The first-order valence-corrected chi connectivity index (χ1v) is 8.31. The van der Waals surface area contributed by atoms with Gasteiger partial charge in [0.1, 0.15) is 5.75 Å². The molecule has 0 saturated carbocycles. The molecular weight excluding hydrogens is 312 g/mol. The van der Waals surface area contributed by atoms with Crippen LogP contribution in [0.2, 0.25) is 5.02 Å². The van der Waals surface area contributed by atoms with Gasteiger partial charge in [0.2, 0.25) is 0 Å². The van der Waals surface area contributed by atoms with Gasteiger partial charge in [0.15, 0.2) is 0 Å². The topological polar surface area (TPSA) is 42.3 Å². The molecule has 1 N–H and O–H groups in total. The van der Waals surface area contributed by atoms with Gasteiger partial charge in [-0.25, -0.2) is 0 Å². The highest BCUT2D eigenvalue weighted by atomic mass is 35.5. The number of anilines is 1. The van der Waals surface area contributed by atoms with Gasteiger partial charge in [0.25, 0.3) is 0 Å². The summed E-state index contributed by atoms with van der Waals surface area (Å²) in [6, 6.07) is 8.28. The molecule has 124 valence electrons. The van der Waals surface area contributed by atoms with E-state index in [1.54, 1.807) is 13.3 Å². The number of nitrogens with one attached hydrogen (secondary N) is 1. The van der Waals surface area contributed by atoms with E-state index < -0.39 is 0 Å². The van der Waals surface area contributed by atoms with Crippen molar-refractivity contribution < 1.29 is 4.74 Å². The van der Waals surface area contributed by atoms with E-state index in [2.05, 4.69) is 27.4 Å². The van der Waals surface area contributed by atoms with E-state index in [0.717, 1.165) is 42.6 Å². The predicted molar refractivity (Wildman–Crippen MR) is 93.2 cm³/mol. The van der Waals surface area contributed by atoms with E-state index >= 15 is 0 Å². The first-order valence-electron chi connectivity index (χ1n) is 7.93. The Morgan fingerprint density at radius 3 is 3.04 bits per heavy atom. The summed E-state index contributed by atoms with van der Waals surface area (Å²) in [5.74, 6) is 1.56. The lowest BCUT2D eigenvalue weighted by molar-refractivity contribution is 0.415. The third-order valence-corrected chi connectivity index (χ3v) is 4.76. The average Bonchev–Trinajstić information content (AvgIpc) is 3.16. The number of aromatic nitrogens is 2. The van der Waals surface area contributed by atoms with Crippen LogP contribution in [0.1, 0.15) is 12.1 Å². The Morgan fingerprint density at radius 2 is 2.30 bits per heavy atom. The Bertz CT molecular complexity index is 638. The van der Waals surface area contributed by atoms with Crippen molar-refractivity contribution in [3.8, 4) is 5.75 Å². The Labute approximate surface area is 142 Å². The van der Waals surface area contributed by atoms with E-state index in [0.29, 0.717) is 5.92 Å². The van der Waals surface area contributed by atoms with Gasteiger partial charge in [-0.1, -0.05) is 17.7 Å². The van der Waals surface area contributed by atoms with Crippen LogP contribution < -0.4 is 15.0 Å². The maximum absolute atomic E-state index is 6.13. The van der Waals surface area contributed by atoms with Gasteiger partial charge in [-0.3, -0.25) is 4.68 Å². The van der Waals surface area contributed by atoms with Crippen molar-refractivity contribution in [3.05, 3.63) is 41.2 Å². The van der Waals surface area contributed by atoms with E-state index in [1.807, 2.05) is 23.9 Å². The number of halogens is 1. The molecule has 0 bridgehead atoms. The van der Waals surface area contributed by atoms with Crippen LogP contribution in [0, 0.1) is 5.92 Å². The maximum atomic E-state index is 6.13. The number of hydrogen-bond donors (Lipinski definition) is 1. The lowest BCUT2D eigenvalue weighted by Gasteiger charge is -2.19. The fraction of sp³-hybridized carbons (Fsp3) is 0.471. The normalized spacial score (nSPS) is 17.7. The van der Waals surface area contributed by atoms with E-state index in [9.17, 15) is 0 Å². The molecule has 0 aliphatic carbocycles. The zero-order chi connectivity index (χ0) is 16.2. The largest absolute Gasteiger partial charge is 0.497 e. The molecule has 0 amide bonds. The fourth-order valence-corrected chi connectivity index (χ4v) is 3.30. The smallest absolute Gasteiger partial charge is 0.120 e. The van der Waals surface area contributed by atoms with Crippen molar-refractivity contribution >= 4 is 17.3 Å². The number of ether oxygens (including phenoxy) is 1. The summed E-state index contributed by atoms with van der Waals surface area (Å²) in [5, 5.41) is 8.39. The van der Waals surface area contributed by atoms with E-state index in [4.69, 9.17) is 16.3 Å². The van der Waals surface area contributed by atoms with Crippen molar-refractivity contribution in [2.45, 2.75) is 13.0 Å². The minimum absolute atomic E-state index is 0.646. The van der Waals surface area contributed by atoms with Crippen LogP contribution in [0.15, 0.2) is 30.5 Å². The molecule has 1 aromatic heterocycles. The molecule has 6 heteroatoms. The van der Waals surface area contributed by atoms with Gasteiger partial charge in [0.05, 0.1) is 24.0 Å². The number of benzene rings is 1. The molecule has 0 radical (unpaired) electrons. The zero-order valence-corrected chi connectivity index (χ0v) is 14.4. The standard InChI is InChI=1S/C17H23ClN4O/c1-21-17(16(18)10-20-21)11-19-9-13-6-7-22(12-13)14-4-3-5-15(8-14)23-2/h3-5,8,10,13,19H,6-7,9,11-12H2,1-2H3. The predicted octanol–water partition coefficient (Wildman–Crippen LogP) is 2.70. The molecule has 3 rings (SSSR count). The second kappa shape index (κ2) is 7.23. The van der Waals surface area contributed by atoms with Gasteiger partial charge in [-0.2, -0.15) is 5.10 Å². The summed E-state index contributed by atoms with van der Waals surface area (Å²) < 4.78 is 7.14. The highest BCUT2D eigenvalue weighted by Gasteiger charge is 2.22. The number of aryl methyl sites for hydroxylation is 1. The van der Waals surface area contributed by atoms with Crippen LogP contribution in [0.3, 0.4) is 0 Å². The molecule has 1 unspecified atom stereocenters. The maximum Gasteiger partial charge on any atom is 0.120 e. The molecule has 2 aromatic rings. The third-order valence-electron chi connectivity index (χ3n) is 4.44. The summed E-state index contributed by atoms with van der Waals surface area (Å²) in [4.78, 5) is 2.42. The highest BCUT2D eigenvalue weighted by molar-refractivity contribution is 6.31. The Hall–Kier alpha value is -1.72. The fourth-order valence-electron chi connectivity index (χ4n) is 3.07. The van der Waals surface area contributed by atoms with Gasteiger partial charge < -0.3 is 15.0 Å². The van der Waals surface area contributed by atoms with Crippen molar-refractivity contribution in [2.24, 2.45) is 13.0 Å². The lowest BCUT2D eigenvalue weighted by Crippen LogP contribution is -2.26. The van der Waals surface area contributed by atoms with E-state index in [1.165, 1.54) is 12.1 Å². The van der Waals surface area contributed by atoms with Gasteiger partial charge in [0, 0.05) is 45.0 Å². The van der Waals surface area contributed by atoms with Crippen molar-refractivity contribution in [1.82, 2.24) is 15.1 Å². The quantitative estimate of drug-likeness (QED) is 0.882. The van der Waals surface area contributed by atoms with Crippen LogP contribution in [-0.2, 0) is 13.6 Å². The number of rotatable bonds is 6. The molecule has 1 atom stereocenters. The van der Waals surface area contributed by atoms with Gasteiger partial charge >= 0.3 is 0 Å². The molecule has 1 fully saturated rings. The minimum atomic E-state index is 0.646. The Morgan fingerprint density at radius 1 is 1.43 bits per heavy atom. The van der Waals surface area contributed by atoms with Gasteiger partial charge in [-0.05, 0) is 24.5 Å². The average molecular weight is 335 g/mol. The van der Waals surface area contributed by atoms with Crippen LogP contribution in [0.25, 0.3) is 0 Å². The van der Waals surface area contributed by atoms with E-state index in [-0.39, 0.29) is 0 Å². The number of methoxy groups -OCH3 is 1. The second-order valence-corrected chi connectivity index (χ2v) is 6.40. The first-order chi connectivity index (χ1) is 11.2. The van der Waals surface area contributed by atoms with Crippen LogP contribution in [-0.4, -0.2) is 36.5 Å². The molecular formula is C17H23ClN4O. The Kier molecular flexibility index (Phi) is 5.08. The molecule has 1 saturated heterocycles. The summed E-state index contributed by atoms with van der Waals surface area (Å²) in [7, 11) is 3.63. The highest BCUT2D eigenvalue weighted by Crippen LogP contribution is 2.26. The SMILES string of the molecule is COc1cccc(N2CCC(CNCc3c(Cl)cnn3C)C2)c1. The van der Waals surface area contributed by atoms with Gasteiger partial charge in [-0.15, -0.1) is 0 Å². The molecule has 0 spiro atoms. The van der Waals surface area contributed by atoms with Crippen LogP contribution in [0.5, 0.6) is 5.75 Å². The monoisotopic (exact) mass is 334 g/mol. The second-order valence-electron chi connectivity index (χ2n) is 6.00. The molecule has 1 aromatic carbocycles. The van der Waals surface area contributed by atoms with Crippen molar-refractivity contribution in [1.29, 1.82) is 0 Å². The summed E-state index contributed by atoms with van der Waals surface area (Å²) in [6.07, 6.45) is 2.89. The zero-order valence-electron chi connectivity index (χ0n) is 13.6. The summed E-state index contributed by atoms with van der Waals surface area (Å²) in [5.41, 5.74) is 2.27. The lowest BCUT2D eigenvalue weighted by atomic mass is 10.1. The first kappa shape index (κ1) is 16.1. The van der Waals surface area contributed by atoms with Crippen LogP contribution in [0.4, 0.5) is 5.69 Å². The Balaban J connectivity index is 1.50. The summed E-state index contributed by atoms with van der Waals surface area (Å²) >= 11 is 6.13. The molecule has 1 aliphatic rings. The molecule has 5 nitrogen and oxygen atoms in total. The van der Waals surface area contributed by atoms with Crippen molar-refractivity contribution in [2.75, 3.05) is 31.6 Å².